The van der Waals surface area contributed by atoms with E-state index in [2.05, 4.69) is 124 Å². The molecule has 0 N–H and O–H groups in total. The summed E-state index contributed by atoms with van der Waals surface area (Å²) < 4.78 is 4.54. The first-order valence-corrected chi connectivity index (χ1v) is 16.8. The van der Waals surface area contributed by atoms with Crippen LogP contribution >= 0.6 is 0 Å². The van der Waals surface area contributed by atoms with Gasteiger partial charge in [0, 0.05) is 38.4 Å². The Kier molecular flexibility index (Phi) is 6.42. The molecule has 10 rings (SSSR count). The number of rotatable bonds is 5. The van der Waals surface area contributed by atoms with E-state index in [1.54, 1.807) is 0 Å². The van der Waals surface area contributed by atoms with Gasteiger partial charge in [-0.15, -0.1) is 0 Å². The summed E-state index contributed by atoms with van der Waals surface area (Å²) in [6.45, 7) is 0. The summed E-state index contributed by atoms with van der Waals surface area (Å²) in [6.07, 6.45) is 0. The van der Waals surface area contributed by atoms with Crippen molar-refractivity contribution in [1.82, 2.24) is 24.1 Å². The molecule has 0 aliphatic carbocycles. The number of aromatic nitrogens is 5. The van der Waals surface area contributed by atoms with E-state index in [0.717, 1.165) is 49.7 Å². The highest BCUT2D eigenvalue weighted by molar-refractivity contribution is 6.11. The average molecular weight is 640 g/mol. The summed E-state index contributed by atoms with van der Waals surface area (Å²) in [6, 6.07) is 61.6. The minimum atomic E-state index is 0.588. The molecule has 10 aromatic rings. The Morgan fingerprint density at radius 2 is 0.760 bits per heavy atom. The van der Waals surface area contributed by atoms with Crippen LogP contribution in [-0.4, -0.2) is 24.1 Å². The fourth-order valence-corrected chi connectivity index (χ4v) is 7.29. The first-order valence-electron chi connectivity index (χ1n) is 16.8. The number of hydrogen-bond acceptors (Lipinski definition) is 3. The third kappa shape index (κ3) is 4.52. The van der Waals surface area contributed by atoms with E-state index < -0.39 is 0 Å². The van der Waals surface area contributed by atoms with Crippen molar-refractivity contribution in [3.05, 3.63) is 176 Å². The number of hydrogen-bond donors (Lipinski definition) is 0. The van der Waals surface area contributed by atoms with Gasteiger partial charge in [-0.25, -0.2) is 4.98 Å². The van der Waals surface area contributed by atoms with E-state index in [0.29, 0.717) is 17.6 Å². The van der Waals surface area contributed by atoms with Crippen LogP contribution in [0.15, 0.2) is 176 Å². The second-order valence-electron chi connectivity index (χ2n) is 12.5. The van der Waals surface area contributed by atoms with E-state index in [9.17, 15) is 0 Å². The van der Waals surface area contributed by atoms with Crippen LogP contribution in [0.1, 0.15) is 0 Å². The lowest BCUT2D eigenvalue weighted by molar-refractivity contribution is 0.953. The van der Waals surface area contributed by atoms with E-state index in [-0.39, 0.29) is 0 Å². The molecule has 3 aromatic heterocycles. The van der Waals surface area contributed by atoms with Crippen LogP contribution in [-0.2, 0) is 0 Å². The maximum Gasteiger partial charge on any atom is 0.238 e. The van der Waals surface area contributed by atoms with Gasteiger partial charge in [-0.1, -0.05) is 133 Å². The van der Waals surface area contributed by atoms with Crippen molar-refractivity contribution in [3.63, 3.8) is 0 Å². The van der Waals surface area contributed by atoms with Crippen molar-refractivity contribution in [1.29, 1.82) is 0 Å². The van der Waals surface area contributed by atoms with Gasteiger partial charge >= 0.3 is 0 Å². The summed E-state index contributed by atoms with van der Waals surface area (Å²) >= 11 is 0. The molecule has 0 radical (unpaired) electrons. The lowest BCUT2D eigenvalue weighted by Crippen LogP contribution is -2.06. The van der Waals surface area contributed by atoms with Gasteiger partial charge in [-0.05, 0) is 53.6 Å². The van der Waals surface area contributed by atoms with Crippen molar-refractivity contribution in [2.45, 2.75) is 0 Å². The number of fused-ring (bicyclic) bond motifs is 6. The lowest BCUT2D eigenvalue weighted by Gasteiger charge is -2.12. The summed E-state index contributed by atoms with van der Waals surface area (Å²) in [5, 5.41) is 4.80. The first kappa shape index (κ1) is 28.2. The molecule has 234 valence electrons. The summed E-state index contributed by atoms with van der Waals surface area (Å²) in [5.41, 5.74) is 9.81. The van der Waals surface area contributed by atoms with Crippen LogP contribution in [0.4, 0.5) is 0 Å². The molecule has 0 amide bonds. The van der Waals surface area contributed by atoms with Gasteiger partial charge in [-0.2, -0.15) is 9.97 Å². The Balaban J connectivity index is 1.16. The van der Waals surface area contributed by atoms with Crippen molar-refractivity contribution >= 4 is 43.6 Å². The van der Waals surface area contributed by atoms with Gasteiger partial charge in [-0.3, -0.25) is 4.57 Å². The summed E-state index contributed by atoms with van der Waals surface area (Å²) in [7, 11) is 0. The molecular weight excluding hydrogens is 611 g/mol. The van der Waals surface area contributed by atoms with E-state index in [1.165, 1.54) is 21.8 Å². The molecule has 0 spiro atoms. The van der Waals surface area contributed by atoms with E-state index in [1.807, 2.05) is 60.7 Å². The van der Waals surface area contributed by atoms with Gasteiger partial charge in [0.25, 0.3) is 0 Å². The molecule has 0 saturated heterocycles. The molecule has 0 atom stereocenters. The van der Waals surface area contributed by atoms with Crippen LogP contribution in [0.25, 0.3) is 89.2 Å². The maximum absolute atomic E-state index is 5.08. The van der Waals surface area contributed by atoms with Gasteiger partial charge in [0.2, 0.25) is 5.95 Å². The first-order chi connectivity index (χ1) is 24.8. The van der Waals surface area contributed by atoms with Crippen LogP contribution in [0.2, 0.25) is 0 Å². The zero-order chi connectivity index (χ0) is 33.0. The Bertz CT molecular complexity index is 2760. The minimum absolute atomic E-state index is 0.588. The molecule has 7 aromatic carbocycles. The zero-order valence-electron chi connectivity index (χ0n) is 27.0. The van der Waals surface area contributed by atoms with Crippen LogP contribution in [0, 0.1) is 0 Å². The van der Waals surface area contributed by atoms with Crippen molar-refractivity contribution in [2.75, 3.05) is 0 Å². The van der Waals surface area contributed by atoms with Gasteiger partial charge in [0.15, 0.2) is 11.6 Å². The smallest absolute Gasteiger partial charge is 0.238 e. The third-order valence-corrected chi connectivity index (χ3v) is 9.58. The standard InChI is InChI=1S/C45H29N5/c1-3-14-30(15-4-1)43-46-44(31-16-5-2-6-17-31)48-45(47-43)50-41-25-12-9-22-37(41)38-29-33(26-27-42(38)50)32-18-13-19-34(28-32)49-39-23-10-7-20-35(39)36-21-8-11-24-40(36)49/h1-29H. The topological polar surface area (TPSA) is 48.5 Å². The number of para-hydroxylation sites is 3. The largest absolute Gasteiger partial charge is 0.309 e. The monoisotopic (exact) mass is 639 g/mol. The fraction of sp³-hybridized carbons (Fsp3) is 0. The normalized spacial score (nSPS) is 11.6. The van der Waals surface area contributed by atoms with Crippen LogP contribution < -0.4 is 0 Å². The van der Waals surface area contributed by atoms with E-state index in [4.69, 9.17) is 15.0 Å². The Morgan fingerprint density at radius 1 is 0.300 bits per heavy atom. The van der Waals surface area contributed by atoms with Crippen LogP contribution in [0.5, 0.6) is 0 Å². The van der Waals surface area contributed by atoms with Gasteiger partial charge < -0.3 is 4.57 Å². The van der Waals surface area contributed by atoms with Crippen LogP contribution in [0.3, 0.4) is 0 Å². The third-order valence-electron chi connectivity index (χ3n) is 9.58. The second kappa shape index (κ2) is 11.4. The molecule has 0 aliphatic rings. The van der Waals surface area contributed by atoms with E-state index >= 15 is 0 Å². The van der Waals surface area contributed by atoms with Crippen molar-refractivity contribution in [3.8, 4) is 45.5 Å². The Labute approximate surface area is 288 Å². The molecule has 5 heteroatoms. The number of nitrogens with zero attached hydrogens (tertiary/aromatic N) is 5. The van der Waals surface area contributed by atoms with Crippen molar-refractivity contribution < 1.29 is 0 Å². The maximum atomic E-state index is 5.08. The van der Waals surface area contributed by atoms with Gasteiger partial charge in [0.05, 0.1) is 22.1 Å². The zero-order valence-corrected chi connectivity index (χ0v) is 27.0. The molecule has 5 nitrogen and oxygen atoms in total. The summed E-state index contributed by atoms with van der Waals surface area (Å²) in [4.78, 5) is 15.1. The quantitative estimate of drug-likeness (QED) is 0.188. The molecule has 0 aliphatic heterocycles. The number of benzene rings is 7. The highest BCUT2D eigenvalue weighted by atomic mass is 15.2. The summed E-state index contributed by atoms with van der Waals surface area (Å²) in [5.74, 6) is 1.86. The highest BCUT2D eigenvalue weighted by Crippen LogP contribution is 2.37. The molecule has 50 heavy (non-hydrogen) atoms. The molecule has 0 saturated carbocycles. The fourth-order valence-electron chi connectivity index (χ4n) is 7.29. The SMILES string of the molecule is c1ccc(-c2nc(-c3ccccc3)nc(-n3c4ccccc4c4cc(-c5cccc(-n6c7ccccc7c7ccccc76)c5)ccc43)n2)cc1. The molecule has 0 unspecified atom stereocenters. The molecule has 3 heterocycles. The van der Waals surface area contributed by atoms with Gasteiger partial charge in [0.1, 0.15) is 0 Å². The highest BCUT2D eigenvalue weighted by Gasteiger charge is 2.19. The van der Waals surface area contributed by atoms with Crippen molar-refractivity contribution in [2.24, 2.45) is 0 Å². The predicted octanol–water partition coefficient (Wildman–Crippen LogP) is 11.1. The second-order valence-corrected chi connectivity index (χ2v) is 12.5. The predicted molar refractivity (Wildman–Crippen MR) is 205 cm³/mol. The Hall–Kier alpha value is -6.85. The lowest BCUT2D eigenvalue weighted by atomic mass is 10.0. The molecular formula is C45H29N5. The average Bonchev–Trinajstić information content (AvgIpc) is 3.71. The Morgan fingerprint density at radius 3 is 1.36 bits per heavy atom. The minimum Gasteiger partial charge on any atom is -0.309 e. The molecule has 0 bridgehead atoms. The molecule has 0 fully saturated rings.